The first-order chi connectivity index (χ1) is 11.9. The molecule has 2 heterocycles. The molecular weight excluding hydrogens is 340 g/mol. The van der Waals surface area contributed by atoms with Crippen molar-refractivity contribution >= 4 is 33.4 Å². The molecule has 0 aliphatic carbocycles. The van der Waals surface area contributed by atoms with Crippen LogP contribution in [0.15, 0.2) is 40.8 Å². The van der Waals surface area contributed by atoms with Crippen molar-refractivity contribution in [1.29, 1.82) is 0 Å². The number of esters is 1. The van der Waals surface area contributed by atoms with E-state index in [2.05, 4.69) is 10.3 Å². The molecule has 0 bridgehead atoms. The number of nitrogens with zero attached hydrogens (tertiary/aromatic N) is 1. The van der Waals surface area contributed by atoms with E-state index < -0.39 is 12.1 Å². The molecule has 0 unspecified atom stereocenters. The van der Waals surface area contributed by atoms with Crippen LogP contribution >= 0.6 is 11.3 Å². The Bertz CT molecular complexity index is 880. The molecule has 3 rings (SSSR count). The summed E-state index contributed by atoms with van der Waals surface area (Å²) < 4.78 is 11.7. The third-order valence-electron chi connectivity index (χ3n) is 3.40. The molecule has 0 saturated heterocycles. The van der Waals surface area contributed by atoms with Crippen LogP contribution in [0.1, 0.15) is 31.3 Å². The fraction of sp³-hybridized carbons (Fsp3) is 0.278. The molecule has 6 nitrogen and oxygen atoms in total. The molecule has 0 aliphatic rings. The normalized spacial score (nSPS) is 12.3. The summed E-state index contributed by atoms with van der Waals surface area (Å²) in [5, 5.41) is 3.38. The van der Waals surface area contributed by atoms with Gasteiger partial charge in [-0.25, -0.2) is 9.78 Å². The Morgan fingerprint density at radius 1 is 1.16 bits per heavy atom. The lowest BCUT2D eigenvalue weighted by Crippen LogP contribution is -2.39. The van der Waals surface area contributed by atoms with Gasteiger partial charge < -0.3 is 14.5 Å². The Balaban J connectivity index is 1.72. The zero-order chi connectivity index (χ0) is 18.0. The van der Waals surface area contributed by atoms with Gasteiger partial charge in [0.05, 0.1) is 10.2 Å². The van der Waals surface area contributed by atoms with Crippen LogP contribution in [0.3, 0.4) is 0 Å². The van der Waals surface area contributed by atoms with E-state index in [-0.39, 0.29) is 17.7 Å². The first kappa shape index (κ1) is 17.2. The van der Waals surface area contributed by atoms with Gasteiger partial charge in [-0.1, -0.05) is 12.1 Å². The zero-order valence-electron chi connectivity index (χ0n) is 14.1. The van der Waals surface area contributed by atoms with Gasteiger partial charge in [0.25, 0.3) is 5.91 Å². The Kier molecular flexibility index (Phi) is 4.85. The maximum absolute atomic E-state index is 12.1. The highest BCUT2D eigenvalue weighted by atomic mass is 32.1. The van der Waals surface area contributed by atoms with Crippen molar-refractivity contribution < 1.29 is 18.7 Å². The summed E-state index contributed by atoms with van der Waals surface area (Å²) in [5.74, 6) is -0.494. The molecule has 1 amide bonds. The summed E-state index contributed by atoms with van der Waals surface area (Å²) in [6, 6.07) is 10.9. The molecule has 3 aromatic rings. The molecule has 0 radical (unpaired) electrons. The van der Waals surface area contributed by atoms with E-state index in [0.29, 0.717) is 10.8 Å². The Morgan fingerprint density at radius 3 is 2.64 bits per heavy atom. The molecule has 0 fully saturated rings. The number of nitrogens with one attached hydrogen (secondary N) is 1. The lowest BCUT2D eigenvalue weighted by molar-refractivity contribution is -0.129. The van der Waals surface area contributed by atoms with Crippen LogP contribution in [-0.2, 0) is 9.53 Å². The average Bonchev–Trinajstić information content (AvgIpc) is 3.20. The molecule has 0 aliphatic heterocycles. The number of amides is 1. The molecule has 1 atom stereocenters. The number of para-hydroxylation sites is 1. The molecule has 0 spiro atoms. The highest BCUT2D eigenvalue weighted by Crippen LogP contribution is 2.31. The number of aromatic nitrogens is 1. The van der Waals surface area contributed by atoms with Gasteiger partial charge in [0, 0.05) is 6.04 Å². The summed E-state index contributed by atoms with van der Waals surface area (Å²) in [7, 11) is 0. The van der Waals surface area contributed by atoms with Crippen LogP contribution in [0.5, 0.6) is 0 Å². The predicted molar refractivity (Wildman–Crippen MR) is 95.5 cm³/mol. The van der Waals surface area contributed by atoms with E-state index in [1.54, 1.807) is 6.07 Å². The van der Waals surface area contributed by atoms with Crippen LogP contribution in [0.25, 0.3) is 21.0 Å². The number of carbonyl (C=O) groups is 2. The molecule has 130 valence electrons. The predicted octanol–water partition coefficient (Wildman–Crippen LogP) is 3.63. The van der Waals surface area contributed by atoms with Gasteiger partial charge in [-0.2, -0.15) is 0 Å². The number of thiazole rings is 1. The Hall–Kier alpha value is -2.67. The van der Waals surface area contributed by atoms with Crippen molar-refractivity contribution in [2.75, 3.05) is 0 Å². The molecular formula is C18H18N2O4S. The van der Waals surface area contributed by atoms with Crippen molar-refractivity contribution in [2.24, 2.45) is 0 Å². The third-order valence-corrected chi connectivity index (χ3v) is 4.45. The summed E-state index contributed by atoms with van der Waals surface area (Å²) >= 11 is 1.48. The smallest absolute Gasteiger partial charge is 0.375 e. The van der Waals surface area contributed by atoms with E-state index in [0.717, 1.165) is 10.2 Å². The number of furan rings is 1. The Labute approximate surface area is 148 Å². The number of benzene rings is 1. The Morgan fingerprint density at radius 2 is 1.92 bits per heavy atom. The largest absolute Gasteiger partial charge is 0.447 e. The summed E-state index contributed by atoms with van der Waals surface area (Å²) in [5.41, 5.74) is 0.877. The van der Waals surface area contributed by atoms with Crippen molar-refractivity contribution in [3.63, 3.8) is 0 Å². The van der Waals surface area contributed by atoms with Crippen LogP contribution in [0, 0.1) is 0 Å². The highest BCUT2D eigenvalue weighted by Gasteiger charge is 2.22. The van der Waals surface area contributed by atoms with Gasteiger partial charge in [0.1, 0.15) is 0 Å². The van der Waals surface area contributed by atoms with Crippen LogP contribution in [-0.4, -0.2) is 29.0 Å². The number of hydrogen-bond acceptors (Lipinski definition) is 6. The van der Waals surface area contributed by atoms with Gasteiger partial charge in [0.15, 0.2) is 16.9 Å². The first-order valence-corrected chi connectivity index (χ1v) is 8.73. The van der Waals surface area contributed by atoms with Gasteiger partial charge >= 0.3 is 5.97 Å². The summed E-state index contributed by atoms with van der Waals surface area (Å²) in [6.45, 7) is 5.19. The quantitative estimate of drug-likeness (QED) is 0.705. The van der Waals surface area contributed by atoms with Gasteiger partial charge in [-0.05, 0) is 45.0 Å². The SMILES string of the molecule is CC(C)NC(=O)[C@H](C)OC(=O)c1ccc(-c2nc3ccccc3s2)o1. The van der Waals surface area contributed by atoms with Crippen molar-refractivity contribution in [2.45, 2.75) is 32.9 Å². The number of carbonyl (C=O) groups excluding carboxylic acids is 2. The van der Waals surface area contributed by atoms with Crippen LogP contribution < -0.4 is 5.32 Å². The van der Waals surface area contributed by atoms with Gasteiger partial charge in [-0.3, -0.25) is 4.79 Å². The van der Waals surface area contributed by atoms with E-state index in [9.17, 15) is 9.59 Å². The maximum atomic E-state index is 12.1. The number of ether oxygens (including phenoxy) is 1. The number of fused-ring (bicyclic) bond motifs is 1. The molecule has 0 saturated carbocycles. The van der Waals surface area contributed by atoms with Gasteiger partial charge in [0.2, 0.25) is 5.76 Å². The second-order valence-corrected chi connectivity index (χ2v) is 6.89. The second kappa shape index (κ2) is 7.06. The lowest BCUT2D eigenvalue weighted by atomic mass is 10.3. The summed E-state index contributed by atoms with van der Waals surface area (Å²) in [6.07, 6.45) is -0.897. The van der Waals surface area contributed by atoms with Gasteiger partial charge in [-0.15, -0.1) is 11.3 Å². The van der Waals surface area contributed by atoms with Crippen LogP contribution in [0.4, 0.5) is 0 Å². The molecule has 2 aromatic heterocycles. The fourth-order valence-corrected chi connectivity index (χ4v) is 3.14. The zero-order valence-corrected chi connectivity index (χ0v) is 14.9. The monoisotopic (exact) mass is 358 g/mol. The fourth-order valence-electron chi connectivity index (χ4n) is 2.21. The van der Waals surface area contributed by atoms with E-state index in [1.807, 2.05) is 38.1 Å². The molecule has 25 heavy (non-hydrogen) atoms. The minimum atomic E-state index is -0.897. The third kappa shape index (κ3) is 3.88. The maximum Gasteiger partial charge on any atom is 0.375 e. The lowest BCUT2D eigenvalue weighted by Gasteiger charge is -2.14. The second-order valence-electron chi connectivity index (χ2n) is 5.86. The van der Waals surface area contributed by atoms with E-state index >= 15 is 0 Å². The number of hydrogen-bond donors (Lipinski definition) is 1. The molecule has 7 heteroatoms. The summed E-state index contributed by atoms with van der Waals surface area (Å²) in [4.78, 5) is 28.5. The number of rotatable bonds is 5. The van der Waals surface area contributed by atoms with Crippen molar-refractivity contribution in [3.8, 4) is 10.8 Å². The average molecular weight is 358 g/mol. The standard InChI is InChI=1S/C18H18N2O4S/c1-10(2)19-16(21)11(3)23-18(22)14-9-8-13(24-14)17-20-12-6-4-5-7-15(12)25-17/h4-11H,1-3H3,(H,19,21)/t11-/m0/s1. The molecule has 1 aromatic carbocycles. The van der Waals surface area contributed by atoms with E-state index in [4.69, 9.17) is 9.15 Å². The minimum absolute atomic E-state index is 0.0251. The topological polar surface area (TPSA) is 81.4 Å². The molecule has 1 N–H and O–H groups in total. The van der Waals surface area contributed by atoms with Crippen molar-refractivity contribution in [1.82, 2.24) is 10.3 Å². The van der Waals surface area contributed by atoms with Crippen LogP contribution in [0.2, 0.25) is 0 Å². The van der Waals surface area contributed by atoms with Crippen molar-refractivity contribution in [3.05, 3.63) is 42.2 Å². The minimum Gasteiger partial charge on any atom is -0.447 e. The highest BCUT2D eigenvalue weighted by molar-refractivity contribution is 7.21. The first-order valence-electron chi connectivity index (χ1n) is 7.91. The van der Waals surface area contributed by atoms with E-state index in [1.165, 1.54) is 24.3 Å².